The van der Waals surface area contributed by atoms with Crippen LogP contribution in [0.25, 0.3) is 11.1 Å². The molecule has 2 aliphatic heterocycles. The van der Waals surface area contributed by atoms with Gasteiger partial charge in [0.05, 0.1) is 17.3 Å². The van der Waals surface area contributed by atoms with E-state index < -0.39 is 11.9 Å². The summed E-state index contributed by atoms with van der Waals surface area (Å²) >= 11 is 12.5. The summed E-state index contributed by atoms with van der Waals surface area (Å²) in [7, 11) is 0. The molecule has 1 atom stereocenters. The van der Waals surface area contributed by atoms with Crippen LogP contribution in [0.5, 0.6) is 5.75 Å². The Balaban J connectivity index is 0.00000353. The molecule has 0 unspecified atom stereocenters. The molecule has 1 aliphatic carbocycles. The van der Waals surface area contributed by atoms with Gasteiger partial charge in [0.25, 0.3) is 0 Å². The number of anilines is 1. The molecular formula is C31H40Cl3FN6O. The molecule has 3 fully saturated rings. The molecule has 0 amide bonds. The second-order valence-corrected chi connectivity index (χ2v) is 12.9. The summed E-state index contributed by atoms with van der Waals surface area (Å²) in [6.45, 7) is 6.40. The molecule has 4 heterocycles. The summed E-state index contributed by atoms with van der Waals surface area (Å²) in [5.41, 5.74) is 8.91. The van der Waals surface area contributed by atoms with E-state index in [-0.39, 0.29) is 23.2 Å². The van der Waals surface area contributed by atoms with Crippen LogP contribution >= 0.6 is 35.6 Å². The Morgan fingerprint density at radius 2 is 1.74 bits per heavy atom. The van der Waals surface area contributed by atoms with Crippen LogP contribution in [0.4, 0.5) is 10.2 Å². The zero-order valence-corrected chi connectivity index (χ0v) is 26.3. The molecule has 11 heteroatoms. The highest BCUT2D eigenvalue weighted by molar-refractivity contribution is 6.36. The first-order chi connectivity index (χ1) is 19.8. The fourth-order valence-corrected chi connectivity index (χ4v) is 7.79. The topological polar surface area (TPSA) is 81.2 Å². The van der Waals surface area contributed by atoms with E-state index in [1.807, 2.05) is 12.3 Å². The smallest absolute Gasteiger partial charge is 0.166 e. The van der Waals surface area contributed by atoms with E-state index in [4.69, 9.17) is 38.8 Å². The molecule has 1 saturated carbocycles. The number of nitrogens with zero attached hydrogens (tertiary/aromatic N) is 4. The molecule has 3 aromatic rings. The van der Waals surface area contributed by atoms with E-state index >= 15 is 0 Å². The van der Waals surface area contributed by atoms with Crippen molar-refractivity contribution in [2.45, 2.75) is 76.5 Å². The molecule has 2 saturated heterocycles. The molecular weight excluding hydrogens is 598 g/mol. The highest BCUT2D eigenvalue weighted by atomic mass is 35.5. The Morgan fingerprint density at radius 1 is 1.02 bits per heavy atom. The quantitative estimate of drug-likeness (QED) is 0.273. The number of likely N-dealkylation sites (tertiary alicyclic amines) is 1. The zero-order valence-electron chi connectivity index (χ0n) is 24.0. The van der Waals surface area contributed by atoms with Crippen molar-refractivity contribution in [2.75, 3.05) is 31.9 Å². The highest BCUT2D eigenvalue weighted by Crippen LogP contribution is 2.45. The van der Waals surface area contributed by atoms with Gasteiger partial charge in [0.1, 0.15) is 11.9 Å². The molecule has 3 N–H and O–H groups in total. The van der Waals surface area contributed by atoms with Gasteiger partial charge < -0.3 is 20.7 Å². The second kappa shape index (κ2) is 13.3. The highest BCUT2D eigenvalue weighted by Gasteiger charge is 2.38. The minimum Gasteiger partial charge on any atom is -0.482 e. The molecule has 2 aromatic heterocycles. The fraction of sp³-hybridized carbons (Fsp3) is 0.548. The number of halogens is 4. The summed E-state index contributed by atoms with van der Waals surface area (Å²) in [6.07, 6.45) is 15.4. The van der Waals surface area contributed by atoms with Crippen LogP contribution in [-0.4, -0.2) is 51.9 Å². The average molecular weight is 638 g/mol. The van der Waals surface area contributed by atoms with Gasteiger partial charge in [-0.05, 0) is 95.0 Å². The summed E-state index contributed by atoms with van der Waals surface area (Å²) in [5, 5.41) is 8.52. The van der Waals surface area contributed by atoms with Crippen molar-refractivity contribution in [3.8, 4) is 16.9 Å². The second-order valence-electron chi connectivity index (χ2n) is 12.1. The number of rotatable bonds is 6. The van der Waals surface area contributed by atoms with E-state index in [9.17, 15) is 4.39 Å². The number of nitrogen functional groups attached to an aromatic ring is 1. The minimum atomic E-state index is -0.632. The van der Waals surface area contributed by atoms with Crippen LogP contribution in [0.3, 0.4) is 0 Å². The van der Waals surface area contributed by atoms with E-state index in [0.29, 0.717) is 27.8 Å². The summed E-state index contributed by atoms with van der Waals surface area (Å²) in [4.78, 5) is 7.08. The largest absolute Gasteiger partial charge is 0.482 e. The number of hydrogen-bond acceptors (Lipinski definition) is 6. The molecule has 1 aromatic carbocycles. The van der Waals surface area contributed by atoms with Crippen molar-refractivity contribution >= 4 is 41.4 Å². The third kappa shape index (κ3) is 6.53. The number of ether oxygens (including phenoxy) is 1. The molecule has 1 spiro atoms. The van der Waals surface area contributed by atoms with Gasteiger partial charge in [-0.2, -0.15) is 5.10 Å². The number of benzene rings is 1. The third-order valence-corrected chi connectivity index (χ3v) is 10.4. The number of nitrogens with one attached hydrogen (secondary N) is 1. The first-order valence-corrected chi connectivity index (χ1v) is 15.6. The molecule has 0 radical (unpaired) electrons. The van der Waals surface area contributed by atoms with Crippen LogP contribution in [-0.2, 0) is 0 Å². The fourth-order valence-electron chi connectivity index (χ4n) is 7.11. The van der Waals surface area contributed by atoms with Gasteiger partial charge in [-0.25, -0.2) is 9.37 Å². The monoisotopic (exact) mass is 636 g/mol. The van der Waals surface area contributed by atoms with Crippen molar-refractivity contribution < 1.29 is 9.13 Å². The molecule has 0 bridgehead atoms. The average Bonchev–Trinajstić information content (AvgIpc) is 3.48. The van der Waals surface area contributed by atoms with Gasteiger partial charge >= 0.3 is 0 Å². The maximum atomic E-state index is 14.1. The Labute approximate surface area is 263 Å². The lowest BCUT2D eigenvalue weighted by Gasteiger charge is -2.47. The van der Waals surface area contributed by atoms with E-state index in [0.717, 1.165) is 43.1 Å². The van der Waals surface area contributed by atoms with Crippen molar-refractivity contribution in [3.63, 3.8) is 0 Å². The van der Waals surface area contributed by atoms with Crippen molar-refractivity contribution in [1.82, 2.24) is 25.0 Å². The van der Waals surface area contributed by atoms with Crippen LogP contribution in [0.15, 0.2) is 36.8 Å². The Kier molecular flexibility index (Phi) is 9.90. The van der Waals surface area contributed by atoms with Gasteiger partial charge in [-0.3, -0.25) is 4.68 Å². The summed E-state index contributed by atoms with van der Waals surface area (Å²) < 4.78 is 22.2. The number of aromatic nitrogens is 3. The Hall–Kier alpha value is -2.10. The van der Waals surface area contributed by atoms with Crippen LogP contribution in [0.1, 0.15) is 76.0 Å². The lowest BCUT2D eigenvalue weighted by atomic mass is 9.67. The molecule has 42 heavy (non-hydrogen) atoms. The predicted octanol–water partition coefficient (Wildman–Crippen LogP) is 7.48. The predicted molar refractivity (Wildman–Crippen MR) is 169 cm³/mol. The van der Waals surface area contributed by atoms with Gasteiger partial charge in [-0.15, -0.1) is 12.4 Å². The van der Waals surface area contributed by atoms with Crippen molar-refractivity contribution in [2.24, 2.45) is 5.41 Å². The minimum absolute atomic E-state index is 0. The summed E-state index contributed by atoms with van der Waals surface area (Å²) in [5.74, 6) is 0.0629. The van der Waals surface area contributed by atoms with E-state index in [1.54, 1.807) is 13.1 Å². The Bertz CT molecular complexity index is 1360. The van der Waals surface area contributed by atoms with Crippen LogP contribution in [0.2, 0.25) is 10.0 Å². The van der Waals surface area contributed by atoms with Gasteiger partial charge in [0, 0.05) is 53.2 Å². The Morgan fingerprint density at radius 3 is 2.45 bits per heavy atom. The number of nitrogens with two attached hydrogens (primary N) is 1. The number of hydrogen-bond donors (Lipinski definition) is 2. The van der Waals surface area contributed by atoms with E-state index in [2.05, 4.69) is 26.1 Å². The van der Waals surface area contributed by atoms with Crippen molar-refractivity contribution in [3.05, 3.63) is 58.2 Å². The molecule has 228 valence electrons. The summed E-state index contributed by atoms with van der Waals surface area (Å²) in [6, 6.07) is 5.66. The maximum Gasteiger partial charge on any atom is 0.166 e. The third-order valence-electron chi connectivity index (χ3n) is 9.68. The normalized spacial score (nSPS) is 20.8. The first kappa shape index (κ1) is 31.3. The van der Waals surface area contributed by atoms with Crippen LogP contribution < -0.4 is 15.8 Å². The first-order valence-electron chi connectivity index (χ1n) is 14.9. The van der Waals surface area contributed by atoms with Gasteiger partial charge in [0.2, 0.25) is 0 Å². The molecule has 6 rings (SSSR count). The number of pyridine rings is 1. The lowest BCUT2D eigenvalue weighted by Crippen LogP contribution is -2.47. The number of piperidine rings is 2. The molecule has 7 nitrogen and oxygen atoms in total. The molecule has 3 aliphatic rings. The van der Waals surface area contributed by atoms with E-state index in [1.165, 1.54) is 63.7 Å². The zero-order chi connectivity index (χ0) is 28.6. The van der Waals surface area contributed by atoms with Crippen molar-refractivity contribution in [1.29, 1.82) is 0 Å². The SMILES string of the molecule is C[C@@H](Oc1cc(-c2cnn(C3CCN(C4CCC5(CCNCC5)CC4)CC3)c2)cnc1N)c1c(Cl)ccc(F)c1Cl.Cl. The van der Waals surface area contributed by atoms with Gasteiger partial charge in [0.15, 0.2) is 11.6 Å². The lowest BCUT2D eigenvalue weighted by molar-refractivity contribution is 0.0476. The standard InChI is InChI=1S/C31H39Cl2FN6O.ClH/c1-20(28-25(32)2-3-26(34)29(28)33)41-27-16-21(17-37-30(27)35)22-18-38-40(19-22)24-6-14-39(15-7-24)23-4-8-31(9-5-23)10-12-36-13-11-31;/h2-3,16-20,23-24,36H,4-15H2,1H3,(H2,35,37);1H/t20-;/m1./s1. The maximum absolute atomic E-state index is 14.1. The van der Waals surface area contributed by atoms with Crippen LogP contribution in [0, 0.1) is 11.2 Å². The van der Waals surface area contributed by atoms with Gasteiger partial charge in [-0.1, -0.05) is 23.2 Å².